The molecule has 2 aliphatic heterocycles. The molecule has 1 saturated heterocycles. The van der Waals surface area contributed by atoms with E-state index in [2.05, 4.69) is 10.3 Å². The molecular formula is C10H16N4O7. The van der Waals surface area contributed by atoms with Crippen LogP contribution in [0.15, 0.2) is 4.99 Å². The summed E-state index contributed by atoms with van der Waals surface area (Å²) in [5, 5.41) is 47.7. The summed E-state index contributed by atoms with van der Waals surface area (Å²) in [6.45, 7) is -0.635. The molecule has 2 aliphatic rings. The van der Waals surface area contributed by atoms with Crippen LogP contribution >= 0.6 is 0 Å². The van der Waals surface area contributed by atoms with E-state index in [1.165, 1.54) is 0 Å². The van der Waals surface area contributed by atoms with Gasteiger partial charge in [-0.3, -0.25) is 15.5 Å². The molecule has 11 nitrogen and oxygen atoms in total. The molecule has 11 heteroatoms. The van der Waals surface area contributed by atoms with E-state index < -0.39 is 55.2 Å². The molecule has 6 atom stereocenters. The number of hydrogen-bond acceptors (Lipinski definition) is 9. The maximum atomic E-state index is 11.7. The second kappa shape index (κ2) is 6.01. The molecule has 0 aromatic rings. The van der Waals surface area contributed by atoms with E-state index in [0.717, 1.165) is 0 Å². The van der Waals surface area contributed by atoms with Gasteiger partial charge >= 0.3 is 0 Å². The number of nitrogens with two attached hydrogens (primary N) is 1. The summed E-state index contributed by atoms with van der Waals surface area (Å²) >= 11 is 0. The zero-order valence-corrected chi connectivity index (χ0v) is 10.7. The highest BCUT2D eigenvalue weighted by molar-refractivity contribution is 6.17. The summed E-state index contributed by atoms with van der Waals surface area (Å²) in [7, 11) is 0. The molecule has 118 valence electrons. The number of guanidine groups is 1. The molecule has 1 unspecified atom stereocenters. The van der Waals surface area contributed by atoms with Gasteiger partial charge in [-0.25, -0.2) is 0 Å². The molecule has 1 amide bonds. The quantitative estimate of drug-likeness (QED) is 0.271. The van der Waals surface area contributed by atoms with E-state index in [0.29, 0.717) is 0 Å². The first kappa shape index (κ1) is 15.8. The number of nitrogens with zero attached hydrogens (tertiary/aromatic N) is 1. The van der Waals surface area contributed by atoms with Crippen molar-refractivity contribution in [3.63, 3.8) is 0 Å². The molecular weight excluding hydrogens is 288 g/mol. The van der Waals surface area contributed by atoms with Gasteiger partial charge in [-0.05, 0) is 0 Å². The Balaban J connectivity index is 2.11. The minimum atomic E-state index is -1.67. The fraction of sp³-hybridized carbons (Fsp3) is 0.700. The Morgan fingerprint density at radius 1 is 1.33 bits per heavy atom. The van der Waals surface area contributed by atoms with E-state index in [1.807, 2.05) is 0 Å². The number of carbonyl (C=O) groups is 1. The van der Waals surface area contributed by atoms with Crippen molar-refractivity contribution in [1.29, 1.82) is 5.41 Å². The minimum absolute atomic E-state index is 0.265. The van der Waals surface area contributed by atoms with Gasteiger partial charge < -0.3 is 35.6 Å². The van der Waals surface area contributed by atoms with Gasteiger partial charge in [0, 0.05) is 0 Å². The molecule has 2 heterocycles. The monoisotopic (exact) mass is 304 g/mol. The highest BCUT2D eigenvalue weighted by atomic mass is 16.7. The van der Waals surface area contributed by atoms with Crippen LogP contribution in [-0.4, -0.2) is 81.5 Å². The summed E-state index contributed by atoms with van der Waals surface area (Å²) in [6.07, 6.45) is -9.08. The SMILES string of the molecule is N=C1N=C(N)NC(=O)C1O[C@@H]1O[C@H](CO)[C@@H](O)[C@H](O)[C@H]1O. The predicted octanol–water partition coefficient (Wildman–Crippen LogP) is -4.41. The fourth-order valence-corrected chi connectivity index (χ4v) is 1.97. The molecule has 0 radical (unpaired) electrons. The van der Waals surface area contributed by atoms with Crippen LogP contribution in [0.2, 0.25) is 0 Å². The summed E-state index contributed by atoms with van der Waals surface area (Å²) in [5.41, 5.74) is 5.26. The van der Waals surface area contributed by atoms with Gasteiger partial charge in [-0.15, -0.1) is 0 Å². The first-order chi connectivity index (χ1) is 9.85. The average Bonchev–Trinajstić information content (AvgIpc) is 2.42. The Morgan fingerprint density at radius 2 is 2.00 bits per heavy atom. The van der Waals surface area contributed by atoms with Crippen LogP contribution in [0.5, 0.6) is 0 Å². The standard InChI is InChI=1S/C10H16N4O7/c11-7-6(8(19)14-10(12)13-7)21-9-5(18)4(17)3(16)2(1-15)20-9/h2-6,9,15-18H,1H2,(H4,11,12,13,14,19)/t2-,3-,4+,5-,6?,9+/m1/s1. The van der Waals surface area contributed by atoms with Gasteiger partial charge in [-0.1, -0.05) is 0 Å². The van der Waals surface area contributed by atoms with Crippen LogP contribution in [0.4, 0.5) is 0 Å². The van der Waals surface area contributed by atoms with Crippen LogP contribution in [0.25, 0.3) is 0 Å². The molecule has 0 aliphatic carbocycles. The van der Waals surface area contributed by atoms with Crippen molar-refractivity contribution < 1.29 is 34.7 Å². The van der Waals surface area contributed by atoms with Gasteiger partial charge in [0.15, 0.2) is 18.2 Å². The lowest BCUT2D eigenvalue weighted by Gasteiger charge is -2.40. The Kier molecular flexibility index (Phi) is 4.51. The van der Waals surface area contributed by atoms with Crippen molar-refractivity contribution in [1.82, 2.24) is 5.32 Å². The normalized spacial score (nSPS) is 40.7. The number of aliphatic hydroxyl groups excluding tert-OH is 4. The molecule has 0 aromatic carbocycles. The number of amides is 1. The minimum Gasteiger partial charge on any atom is -0.394 e. The second-order valence-electron chi connectivity index (χ2n) is 4.58. The lowest BCUT2D eigenvalue weighted by atomic mass is 9.99. The predicted molar refractivity (Wildman–Crippen MR) is 66.1 cm³/mol. The van der Waals surface area contributed by atoms with E-state index in [9.17, 15) is 20.1 Å². The van der Waals surface area contributed by atoms with Gasteiger partial charge in [0.05, 0.1) is 6.61 Å². The van der Waals surface area contributed by atoms with Crippen molar-refractivity contribution >= 4 is 17.7 Å². The Labute approximate surface area is 118 Å². The second-order valence-corrected chi connectivity index (χ2v) is 4.58. The highest BCUT2D eigenvalue weighted by Crippen LogP contribution is 2.23. The smallest absolute Gasteiger partial charge is 0.263 e. The number of aliphatic imine (C=N–C) groups is 1. The zero-order chi connectivity index (χ0) is 15.7. The maximum absolute atomic E-state index is 11.7. The summed E-state index contributed by atoms with van der Waals surface area (Å²) in [5.74, 6) is -1.56. The molecule has 0 bridgehead atoms. The third-order valence-electron chi connectivity index (χ3n) is 3.10. The molecule has 1 fully saturated rings. The first-order valence-electron chi connectivity index (χ1n) is 6.04. The van der Waals surface area contributed by atoms with Crippen LogP contribution in [0.3, 0.4) is 0 Å². The first-order valence-corrected chi connectivity index (χ1v) is 6.04. The van der Waals surface area contributed by atoms with Crippen LogP contribution in [0, 0.1) is 5.41 Å². The third kappa shape index (κ3) is 3.02. The lowest BCUT2D eigenvalue weighted by Crippen LogP contribution is -2.61. The summed E-state index contributed by atoms with van der Waals surface area (Å²) < 4.78 is 10.2. The Bertz CT molecular complexity index is 468. The fourth-order valence-electron chi connectivity index (χ4n) is 1.97. The lowest BCUT2D eigenvalue weighted by molar-refractivity contribution is -0.303. The van der Waals surface area contributed by atoms with Crippen molar-refractivity contribution in [3.05, 3.63) is 0 Å². The largest absolute Gasteiger partial charge is 0.394 e. The third-order valence-corrected chi connectivity index (χ3v) is 3.10. The highest BCUT2D eigenvalue weighted by Gasteiger charge is 2.46. The number of ether oxygens (including phenoxy) is 2. The number of aliphatic hydroxyl groups is 4. The Hall–Kier alpha value is -1.63. The van der Waals surface area contributed by atoms with E-state index in [-0.39, 0.29) is 5.96 Å². The van der Waals surface area contributed by atoms with Crippen LogP contribution in [-0.2, 0) is 14.3 Å². The van der Waals surface area contributed by atoms with Crippen LogP contribution in [0.1, 0.15) is 0 Å². The van der Waals surface area contributed by atoms with Crippen molar-refractivity contribution in [2.75, 3.05) is 6.61 Å². The topological polar surface area (TPSA) is 191 Å². The number of hydrogen-bond donors (Lipinski definition) is 7. The number of nitrogens with one attached hydrogen (secondary N) is 2. The molecule has 0 spiro atoms. The molecule has 21 heavy (non-hydrogen) atoms. The molecule has 0 aromatic heterocycles. The van der Waals surface area contributed by atoms with Gasteiger partial charge in [0.2, 0.25) is 5.96 Å². The number of amidine groups is 1. The van der Waals surface area contributed by atoms with E-state index >= 15 is 0 Å². The Morgan fingerprint density at radius 3 is 2.57 bits per heavy atom. The van der Waals surface area contributed by atoms with Crippen molar-refractivity contribution in [2.45, 2.75) is 36.8 Å². The van der Waals surface area contributed by atoms with Crippen LogP contribution < -0.4 is 11.1 Å². The van der Waals surface area contributed by atoms with E-state index in [1.54, 1.807) is 0 Å². The number of carbonyl (C=O) groups excluding carboxylic acids is 1. The van der Waals surface area contributed by atoms with Crippen molar-refractivity contribution in [2.24, 2.45) is 10.7 Å². The van der Waals surface area contributed by atoms with Crippen molar-refractivity contribution in [3.8, 4) is 0 Å². The van der Waals surface area contributed by atoms with Gasteiger partial charge in [0.25, 0.3) is 5.91 Å². The zero-order valence-electron chi connectivity index (χ0n) is 10.7. The van der Waals surface area contributed by atoms with Gasteiger partial charge in [-0.2, -0.15) is 4.99 Å². The molecule has 8 N–H and O–H groups in total. The summed E-state index contributed by atoms with van der Waals surface area (Å²) in [6, 6.07) is 0. The molecule has 0 saturated carbocycles. The molecule has 2 rings (SSSR count). The average molecular weight is 304 g/mol. The summed E-state index contributed by atoms with van der Waals surface area (Å²) in [4.78, 5) is 15.2. The number of rotatable bonds is 3. The van der Waals surface area contributed by atoms with E-state index in [4.69, 9.17) is 25.7 Å². The van der Waals surface area contributed by atoms with Gasteiger partial charge in [0.1, 0.15) is 24.4 Å². The maximum Gasteiger partial charge on any atom is 0.263 e.